The van der Waals surface area contributed by atoms with Gasteiger partial charge in [0.1, 0.15) is 15.9 Å². The summed E-state index contributed by atoms with van der Waals surface area (Å²) < 4.78 is 0. The van der Waals surface area contributed by atoms with Crippen LogP contribution in [0.4, 0.5) is 0 Å². The van der Waals surface area contributed by atoms with Crippen molar-refractivity contribution in [1.82, 2.24) is 15.3 Å². The van der Waals surface area contributed by atoms with Crippen LogP contribution in [0.15, 0.2) is 18.3 Å². The minimum absolute atomic E-state index is 0.123. The van der Waals surface area contributed by atoms with E-state index < -0.39 is 0 Å². The van der Waals surface area contributed by atoms with E-state index >= 15 is 0 Å². The second kappa shape index (κ2) is 6.52. The smallest absolute Gasteiger partial charge is 0.272 e. The van der Waals surface area contributed by atoms with Crippen molar-refractivity contribution in [3.8, 4) is 0 Å². The van der Waals surface area contributed by atoms with Gasteiger partial charge in [-0.25, -0.2) is 9.97 Å². The molecule has 1 amide bonds. The van der Waals surface area contributed by atoms with Crippen LogP contribution in [0.2, 0.25) is 10.2 Å². The minimum Gasteiger partial charge on any atom is -0.342 e. The number of rotatable bonds is 4. The van der Waals surface area contributed by atoms with E-state index in [1.807, 2.05) is 13.1 Å². The third kappa shape index (κ3) is 3.48. The first-order chi connectivity index (χ1) is 9.51. The number of aromatic nitrogens is 2. The standard InChI is InChI=1S/C13H13Cl2N3OS/c1-3-8-6-16-13(20-8)7(2)17-12(19)11-9(14)4-5-10(15)18-11/h4-7H,3H2,1-2H3,(H,17,19). The minimum atomic E-state index is -0.363. The Labute approximate surface area is 131 Å². The number of nitrogens with one attached hydrogen (secondary N) is 1. The molecule has 0 aliphatic heterocycles. The largest absolute Gasteiger partial charge is 0.342 e. The molecule has 0 spiro atoms. The molecular weight excluding hydrogens is 317 g/mol. The molecule has 0 aliphatic carbocycles. The molecule has 0 fully saturated rings. The number of carbonyl (C=O) groups excluding carboxylic acids is 1. The number of hydrogen-bond donors (Lipinski definition) is 1. The number of pyridine rings is 1. The van der Waals surface area contributed by atoms with Crippen LogP contribution in [-0.2, 0) is 6.42 Å². The predicted molar refractivity (Wildman–Crippen MR) is 81.6 cm³/mol. The summed E-state index contributed by atoms with van der Waals surface area (Å²) in [6.45, 7) is 3.94. The van der Waals surface area contributed by atoms with Crippen LogP contribution >= 0.6 is 34.5 Å². The summed E-state index contributed by atoms with van der Waals surface area (Å²) in [7, 11) is 0. The van der Waals surface area contributed by atoms with Crippen molar-refractivity contribution in [2.75, 3.05) is 0 Å². The van der Waals surface area contributed by atoms with Crippen molar-refractivity contribution in [2.24, 2.45) is 0 Å². The van der Waals surface area contributed by atoms with Gasteiger partial charge in [-0.2, -0.15) is 0 Å². The number of nitrogens with zero attached hydrogens (tertiary/aromatic N) is 2. The Balaban J connectivity index is 2.12. The van der Waals surface area contributed by atoms with Crippen LogP contribution in [-0.4, -0.2) is 15.9 Å². The summed E-state index contributed by atoms with van der Waals surface area (Å²) in [5.74, 6) is -0.363. The molecule has 2 rings (SSSR count). The van der Waals surface area contributed by atoms with Gasteiger partial charge in [-0.3, -0.25) is 4.79 Å². The number of amides is 1. The molecule has 7 heteroatoms. The molecule has 0 saturated carbocycles. The third-order valence-electron chi connectivity index (χ3n) is 2.67. The fourth-order valence-electron chi connectivity index (χ4n) is 1.59. The maximum atomic E-state index is 12.1. The van der Waals surface area contributed by atoms with Gasteiger partial charge >= 0.3 is 0 Å². The van der Waals surface area contributed by atoms with Crippen LogP contribution in [0.3, 0.4) is 0 Å². The number of thiazole rings is 1. The molecule has 0 radical (unpaired) electrons. The summed E-state index contributed by atoms with van der Waals surface area (Å²) in [6.07, 6.45) is 2.76. The van der Waals surface area contributed by atoms with Crippen LogP contribution in [0, 0.1) is 0 Å². The summed E-state index contributed by atoms with van der Waals surface area (Å²) in [6, 6.07) is 2.89. The van der Waals surface area contributed by atoms with E-state index in [9.17, 15) is 4.79 Å². The fraction of sp³-hybridized carbons (Fsp3) is 0.308. The Morgan fingerprint density at radius 1 is 1.45 bits per heavy atom. The Morgan fingerprint density at radius 3 is 2.85 bits per heavy atom. The highest BCUT2D eigenvalue weighted by molar-refractivity contribution is 7.11. The second-order valence-electron chi connectivity index (χ2n) is 4.18. The van der Waals surface area contributed by atoms with E-state index in [2.05, 4.69) is 22.2 Å². The Bertz CT molecular complexity index is 630. The highest BCUT2D eigenvalue weighted by Crippen LogP contribution is 2.22. The third-order valence-corrected chi connectivity index (χ3v) is 4.50. The van der Waals surface area contributed by atoms with Crippen LogP contribution in [0.1, 0.15) is 40.3 Å². The number of halogens is 2. The van der Waals surface area contributed by atoms with Gasteiger partial charge < -0.3 is 5.32 Å². The lowest BCUT2D eigenvalue weighted by Crippen LogP contribution is -2.27. The number of hydrogen-bond acceptors (Lipinski definition) is 4. The van der Waals surface area contributed by atoms with Crippen LogP contribution in [0.25, 0.3) is 0 Å². The molecule has 0 aliphatic rings. The van der Waals surface area contributed by atoms with E-state index in [1.165, 1.54) is 4.88 Å². The summed E-state index contributed by atoms with van der Waals surface area (Å²) in [5.41, 5.74) is 0.123. The van der Waals surface area contributed by atoms with Crippen LogP contribution in [0.5, 0.6) is 0 Å². The molecule has 0 aromatic carbocycles. The first kappa shape index (κ1) is 15.2. The summed E-state index contributed by atoms with van der Waals surface area (Å²) >= 11 is 13.3. The molecular formula is C13H13Cl2N3OS. The molecule has 1 unspecified atom stereocenters. The van der Waals surface area contributed by atoms with Gasteiger partial charge in [-0.1, -0.05) is 30.1 Å². The lowest BCUT2D eigenvalue weighted by molar-refractivity contribution is 0.0935. The average Bonchev–Trinajstić information content (AvgIpc) is 2.90. The number of aryl methyl sites for hydroxylation is 1. The van der Waals surface area contributed by atoms with Gasteiger partial charge in [0.15, 0.2) is 0 Å². The topological polar surface area (TPSA) is 54.9 Å². The first-order valence-electron chi connectivity index (χ1n) is 6.08. The lowest BCUT2D eigenvalue weighted by atomic mass is 10.3. The van der Waals surface area contributed by atoms with E-state index in [1.54, 1.807) is 23.5 Å². The van der Waals surface area contributed by atoms with E-state index in [-0.39, 0.29) is 27.8 Å². The lowest BCUT2D eigenvalue weighted by Gasteiger charge is -2.11. The van der Waals surface area contributed by atoms with Crippen molar-refractivity contribution in [1.29, 1.82) is 0 Å². The highest BCUT2D eigenvalue weighted by Gasteiger charge is 2.18. The Hall–Kier alpha value is -1.17. The molecule has 0 saturated heterocycles. The van der Waals surface area contributed by atoms with Crippen molar-refractivity contribution in [2.45, 2.75) is 26.3 Å². The van der Waals surface area contributed by atoms with Gasteiger partial charge in [0.2, 0.25) is 0 Å². The predicted octanol–water partition coefficient (Wildman–Crippen LogP) is 3.90. The Morgan fingerprint density at radius 2 is 2.20 bits per heavy atom. The van der Waals surface area contributed by atoms with E-state index in [0.29, 0.717) is 0 Å². The van der Waals surface area contributed by atoms with Crippen molar-refractivity contribution in [3.05, 3.63) is 44.1 Å². The van der Waals surface area contributed by atoms with Crippen molar-refractivity contribution < 1.29 is 4.79 Å². The molecule has 20 heavy (non-hydrogen) atoms. The second-order valence-corrected chi connectivity index (χ2v) is 6.12. The van der Waals surface area contributed by atoms with E-state index in [4.69, 9.17) is 23.2 Å². The zero-order valence-electron chi connectivity index (χ0n) is 11.0. The SMILES string of the molecule is CCc1cnc(C(C)NC(=O)c2nc(Cl)ccc2Cl)s1. The van der Waals surface area contributed by atoms with Gasteiger partial charge in [0.25, 0.3) is 5.91 Å². The van der Waals surface area contributed by atoms with Gasteiger partial charge in [-0.15, -0.1) is 11.3 Å². The monoisotopic (exact) mass is 329 g/mol. The highest BCUT2D eigenvalue weighted by atomic mass is 35.5. The maximum Gasteiger partial charge on any atom is 0.272 e. The normalized spacial score (nSPS) is 12.2. The van der Waals surface area contributed by atoms with Gasteiger partial charge in [0, 0.05) is 11.1 Å². The quantitative estimate of drug-likeness (QED) is 0.865. The molecule has 2 aromatic rings. The molecule has 0 bridgehead atoms. The maximum absolute atomic E-state index is 12.1. The van der Waals surface area contributed by atoms with Crippen molar-refractivity contribution in [3.63, 3.8) is 0 Å². The number of carbonyl (C=O) groups is 1. The summed E-state index contributed by atoms with van der Waals surface area (Å²) in [5, 5.41) is 4.18. The molecule has 4 nitrogen and oxygen atoms in total. The Kier molecular flexibility index (Phi) is 4.96. The molecule has 106 valence electrons. The van der Waals surface area contributed by atoms with Gasteiger partial charge in [0.05, 0.1) is 11.1 Å². The average molecular weight is 330 g/mol. The molecule has 2 aromatic heterocycles. The van der Waals surface area contributed by atoms with Gasteiger partial charge in [-0.05, 0) is 25.5 Å². The first-order valence-corrected chi connectivity index (χ1v) is 7.66. The zero-order valence-corrected chi connectivity index (χ0v) is 13.3. The zero-order chi connectivity index (χ0) is 14.7. The molecule has 2 heterocycles. The molecule has 1 atom stereocenters. The summed E-state index contributed by atoms with van der Waals surface area (Å²) in [4.78, 5) is 21.6. The van der Waals surface area contributed by atoms with Crippen LogP contribution < -0.4 is 5.32 Å². The van der Waals surface area contributed by atoms with Crippen molar-refractivity contribution >= 4 is 40.4 Å². The fourth-order valence-corrected chi connectivity index (χ4v) is 2.79. The molecule has 1 N–H and O–H groups in total. The van der Waals surface area contributed by atoms with E-state index in [0.717, 1.165) is 11.4 Å².